The quantitative estimate of drug-likeness (QED) is 0.168. The van der Waals surface area contributed by atoms with Crippen LogP contribution < -0.4 is 10.5 Å². The molecule has 11 heteroatoms. The number of ether oxygens (including phenoxy) is 6. The number of cyclic esters (lactones) is 1. The first kappa shape index (κ1) is 35.3. The molecule has 1 aromatic carbocycles. The third kappa shape index (κ3) is 4.72. The molecule has 1 aromatic rings. The first-order chi connectivity index (χ1) is 23.6. The summed E-state index contributed by atoms with van der Waals surface area (Å²) < 4.78 is 38.2. The first-order valence-corrected chi connectivity index (χ1v) is 21.9. The van der Waals surface area contributed by atoms with E-state index in [9.17, 15) is 14.4 Å². The summed E-state index contributed by atoms with van der Waals surface area (Å²) in [5, 5.41) is 4.37. The number of amides is 1. The van der Waals surface area contributed by atoms with Gasteiger partial charge in [0, 0.05) is 17.4 Å². The van der Waals surface area contributed by atoms with Crippen molar-refractivity contribution in [1.29, 1.82) is 0 Å². The lowest BCUT2D eigenvalue weighted by molar-refractivity contribution is -0.171. The van der Waals surface area contributed by atoms with E-state index in [1.807, 2.05) is 0 Å². The van der Waals surface area contributed by atoms with Gasteiger partial charge in [0.1, 0.15) is 41.7 Å². The lowest BCUT2D eigenvalue weighted by atomic mass is 9.46. The molecule has 3 aliphatic carbocycles. The fourth-order valence-electron chi connectivity index (χ4n) is 10.4. The van der Waals surface area contributed by atoms with Crippen LogP contribution in [0.2, 0.25) is 18.1 Å². The minimum atomic E-state index is -1.77. The van der Waals surface area contributed by atoms with Gasteiger partial charge in [0.05, 0.1) is 14.2 Å². The van der Waals surface area contributed by atoms with E-state index >= 15 is 0 Å². The van der Waals surface area contributed by atoms with Gasteiger partial charge in [-0.05, 0) is 68.0 Å². The van der Waals surface area contributed by atoms with Crippen LogP contribution in [0.15, 0.2) is 35.4 Å². The van der Waals surface area contributed by atoms with E-state index in [2.05, 4.69) is 84.2 Å². The highest BCUT2D eigenvalue weighted by atomic mass is 28.3. The van der Waals surface area contributed by atoms with Crippen LogP contribution in [0.3, 0.4) is 0 Å². The number of fused-ring (bicyclic) bond motifs is 4. The number of rotatable bonds is 7. The molecule has 4 aliphatic heterocycles. The molecule has 7 aliphatic rings. The summed E-state index contributed by atoms with van der Waals surface area (Å²) >= 11 is 0. The van der Waals surface area contributed by atoms with Crippen molar-refractivity contribution in [3.63, 3.8) is 0 Å². The molecule has 0 unspecified atom stereocenters. The van der Waals surface area contributed by atoms with E-state index in [0.29, 0.717) is 19.4 Å². The normalized spacial score (nSPS) is 39.3. The van der Waals surface area contributed by atoms with Crippen molar-refractivity contribution < 1.29 is 42.8 Å². The highest BCUT2D eigenvalue weighted by Crippen LogP contribution is 2.83. The van der Waals surface area contributed by atoms with Crippen molar-refractivity contribution in [3.05, 3.63) is 41.0 Å². The Morgan fingerprint density at radius 1 is 1.02 bits per heavy atom. The lowest BCUT2D eigenvalue weighted by Gasteiger charge is -2.53. The summed E-state index contributed by atoms with van der Waals surface area (Å²) in [6.07, 6.45) is 0.188. The molecule has 3 saturated heterocycles. The highest BCUT2D eigenvalue weighted by molar-refractivity contribution is 6.92. The standard InChI is InChI=1S/C40H55NO9Si/c1-21(2)38-29(48-38)30-40(49-30)37(9)17-16-24-25(20-45-31(24)42)26(37)19-28-39(40,47-28)33(38)46-32(43)27(41-34(44)50-35(3,4)5)18-22-12-14-23(15-13-22)51(10,11)36(6,7)8/h12-15,21,26-30,33H,16-20H2,1-11H3,(H,41,44)/t26-,27-,28-,29-,30-,33+,37-,38-,39+,40+/m0/s1. The van der Waals surface area contributed by atoms with Gasteiger partial charge < -0.3 is 33.7 Å². The molecule has 1 amide bonds. The van der Waals surface area contributed by atoms with Crippen molar-refractivity contribution >= 4 is 31.3 Å². The van der Waals surface area contributed by atoms with Gasteiger partial charge in [0.2, 0.25) is 0 Å². The molecule has 0 radical (unpaired) electrons. The Balaban J connectivity index is 1.11. The number of nitrogens with one attached hydrogen (secondary N) is 1. The minimum absolute atomic E-state index is 0.00826. The van der Waals surface area contributed by atoms with E-state index in [4.69, 9.17) is 28.4 Å². The number of carbonyl (C=O) groups excluding carboxylic acids is 3. The highest BCUT2D eigenvalue weighted by Gasteiger charge is 3.01. The number of epoxide rings is 3. The second-order valence-corrected chi connectivity index (χ2v) is 24.6. The van der Waals surface area contributed by atoms with Crippen molar-refractivity contribution in [2.24, 2.45) is 17.3 Å². The molecule has 2 spiro atoms. The van der Waals surface area contributed by atoms with Gasteiger partial charge in [-0.25, -0.2) is 14.4 Å². The molecular weight excluding hydrogens is 667 g/mol. The smallest absolute Gasteiger partial charge is 0.408 e. The average Bonchev–Trinajstić information content (AvgIpc) is 3.94. The molecule has 278 valence electrons. The molecular formula is C40H55NO9Si. The molecule has 1 N–H and O–H groups in total. The average molecular weight is 722 g/mol. The molecule has 2 saturated carbocycles. The molecule has 10 atom stereocenters. The first-order valence-electron chi connectivity index (χ1n) is 18.9. The van der Waals surface area contributed by atoms with Gasteiger partial charge in [0.15, 0.2) is 11.7 Å². The minimum Gasteiger partial charge on any atom is -0.458 e. The lowest BCUT2D eigenvalue weighted by Crippen LogP contribution is -2.70. The van der Waals surface area contributed by atoms with Crippen LogP contribution in [0.4, 0.5) is 4.79 Å². The van der Waals surface area contributed by atoms with E-state index in [-0.39, 0.29) is 53.0 Å². The number of benzene rings is 1. The predicted molar refractivity (Wildman–Crippen MR) is 191 cm³/mol. The Kier molecular flexibility index (Phi) is 7.40. The summed E-state index contributed by atoms with van der Waals surface area (Å²) in [6.45, 7) is 23.8. The fraction of sp³-hybridized carbons (Fsp3) is 0.725. The fourth-order valence-corrected chi connectivity index (χ4v) is 12.3. The molecule has 4 heterocycles. The summed E-state index contributed by atoms with van der Waals surface area (Å²) in [5.41, 5.74) is -0.705. The number of carbonyl (C=O) groups is 3. The van der Waals surface area contributed by atoms with Gasteiger partial charge in [-0.1, -0.05) is 84.1 Å². The maximum atomic E-state index is 14.6. The number of hydrogen-bond acceptors (Lipinski definition) is 9. The number of alkyl carbamates (subject to hydrolysis) is 1. The Morgan fingerprint density at radius 3 is 2.33 bits per heavy atom. The Labute approximate surface area is 302 Å². The Hall–Kier alpha value is -2.73. The van der Waals surface area contributed by atoms with Gasteiger partial charge in [-0.2, -0.15) is 0 Å². The molecule has 0 aromatic heterocycles. The topological polar surface area (TPSA) is 129 Å². The zero-order chi connectivity index (χ0) is 36.9. The second-order valence-electron chi connectivity index (χ2n) is 19.3. The van der Waals surface area contributed by atoms with Crippen molar-refractivity contribution in [3.8, 4) is 0 Å². The zero-order valence-electron chi connectivity index (χ0n) is 32.1. The Bertz CT molecular complexity index is 1720. The van der Waals surface area contributed by atoms with Crippen LogP contribution in [-0.4, -0.2) is 85.6 Å². The van der Waals surface area contributed by atoms with Crippen molar-refractivity contribution in [2.45, 2.75) is 159 Å². The number of esters is 2. The van der Waals surface area contributed by atoms with E-state index < -0.39 is 54.7 Å². The molecule has 51 heavy (non-hydrogen) atoms. The van der Waals surface area contributed by atoms with Crippen LogP contribution in [0.5, 0.6) is 0 Å². The second kappa shape index (κ2) is 10.7. The van der Waals surface area contributed by atoms with Crippen LogP contribution in [0.25, 0.3) is 0 Å². The van der Waals surface area contributed by atoms with Crippen molar-refractivity contribution in [2.75, 3.05) is 6.61 Å². The van der Waals surface area contributed by atoms with Gasteiger partial charge in [-0.3, -0.25) is 0 Å². The maximum absolute atomic E-state index is 14.6. The zero-order valence-corrected chi connectivity index (χ0v) is 33.1. The molecule has 10 nitrogen and oxygen atoms in total. The third-order valence-corrected chi connectivity index (χ3v) is 19.8. The van der Waals surface area contributed by atoms with E-state index in [0.717, 1.165) is 23.1 Å². The monoisotopic (exact) mass is 721 g/mol. The van der Waals surface area contributed by atoms with Crippen molar-refractivity contribution in [1.82, 2.24) is 5.32 Å². The van der Waals surface area contributed by atoms with Crippen LogP contribution in [0, 0.1) is 17.3 Å². The molecule has 5 fully saturated rings. The van der Waals surface area contributed by atoms with Crippen LogP contribution >= 0.6 is 0 Å². The van der Waals surface area contributed by atoms with E-state index in [1.165, 1.54) is 5.19 Å². The molecule has 8 rings (SSSR count). The third-order valence-electron chi connectivity index (χ3n) is 14.3. The summed E-state index contributed by atoms with van der Waals surface area (Å²) in [4.78, 5) is 40.4. The summed E-state index contributed by atoms with van der Waals surface area (Å²) in [6, 6.07) is 7.45. The van der Waals surface area contributed by atoms with Crippen LogP contribution in [0.1, 0.15) is 87.1 Å². The van der Waals surface area contributed by atoms with Crippen LogP contribution in [-0.2, 0) is 44.4 Å². The van der Waals surface area contributed by atoms with Gasteiger partial charge >= 0.3 is 18.0 Å². The largest absolute Gasteiger partial charge is 0.458 e. The number of hydrogen-bond donors (Lipinski definition) is 1. The summed E-state index contributed by atoms with van der Waals surface area (Å²) in [5.74, 6) is -0.684. The summed E-state index contributed by atoms with van der Waals surface area (Å²) in [7, 11) is -1.77. The Morgan fingerprint density at radius 2 is 1.71 bits per heavy atom. The predicted octanol–water partition coefficient (Wildman–Crippen LogP) is 5.51. The molecule has 0 bridgehead atoms. The maximum Gasteiger partial charge on any atom is 0.408 e. The SMILES string of the molecule is CC(C)[C@]12O[C@H]1[C@@H]1O[C@]13[C@]1(O[C@H]1C[C@H]1C4=C(CC[C@@]13C)C(=O)OC4)[C@@H]2OC(=O)[C@H](Cc1ccc([Si](C)(C)C(C)(C)C)cc1)NC(=O)OC(C)(C)C. The van der Waals surface area contributed by atoms with E-state index in [1.54, 1.807) is 20.8 Å². The van der Waals surface area contributed by atoms with Gasteiger partial charge in [-0.15, -0.1) is 0 Å². The van der Waals surface area contributed by atoms with Gasteiger partial charge in [0.25, 0.3) is 0 Å².